The second kappa shape index (κ2) is 9.12. The van der Waals surface area contributed by atoms with Gasteiger partial charge in [0.25, 0.3) is 17.7 Å². The minimum absolute atomic E-state index is 0.0113. The Morgan fingerprint density at radius 2 is 1.85 bits per heavy atom. The van der Waals surface area contributed by atoms with E-state index in [2.05, 4.69) is 5.32 Å². The van der Waals surface area contributed by atoms with Gasteiger partial charge in [0.1, 0.15) is 17.7 Å². The molecule has 2 heterocycles. The van der Waals surface area contributed by atoms with Crippen LogP contribution < -0.4 is 11.1 Å². The third kappa shape index (κ3) is 4.85. The number of carbonyl (C=O) groups excluding carboxylic acids is 6. The molecule has 2 atom stereocenters. The van der Waals surface area contributed by atoms with E-state index in [1.54, 1.807) is 20.8 Å². The van der Waals surface area contributed by atoms with Gasteiger partial charge in [-0.25, -0.2) is 14.5 Å². The van der Waals surface area contributed by atoms with Gasteiger partial charge in [-0.2, -0.15) is 0 Å². The summed E-state index contributed by atoms with van der Waals surface area (Å²) < 4.78 is 10.1. The number of carbonyl (C=O) groups is 6. The van der Waals surface area contributed by atoms with Crippen molar-refractivity contribution in [2.75, 3.05) is 12.5 Å². The molecule has 0 bridgehead atoms. The van der Waals surface area contributed by atoms with E-state index in [4.69, 9.17) is 15.2 Å². The van der Waals surface area contributed by atoms with E-state index in [9.17, 15) is 28.8 Å². The number of alkyl carbamates (subject to hydrolysis) is 1. The van der Waals surface area contributed by atoms with Gasteiger partial charge in [0.15, 0.2) is 6.73 Å². The molecule has 3 rings (SSSR count). The standard InChI is InChI=1S/C22H26N4O8/c1-11(24-21(32)34-22(2,3)4)20(31)33-10-25-15(27)9-8-14(18(25)29)26-17(28)12-6-5-7-13(23)16(12)19(26)30/h5-7,11,14H,8-10,23H2,1-4H3,(H,24,32)/t11-,14?/m0/s1. The monoisotopic (exact) mass is 474 g/mol. The van der Waals surface area contributed by atoms with Gasteiger partial charge < -0.3 is 20.5 Å². The Bertz CT molecular complexity index is 1080. The first kappa shape index (κ1) is 24.7. The number of nitrogens with one attached hydrogen (secondary N) is 1. The molecule has 1 fully saturated rings. The number of nitrogens with two attached hydrogens (primary N) is 1. The molecule has 3 N–H and O–H groups in total. The van der Waals surface area contributed by atoms with Crippen LogP contribution in [-0.4, -0.2) is 69.9 Å². The van der Waals surface area contributed by atoms with Crippen LogP contribution in [-0.2, 0) is 23.9 Å². The minimum Gasteiger partial charge on any atom is -0.444 e. The second-order valence-electron chi connectivity index (χ2n) is 8.92. The minimum atomic E-state index is -1.25. The lowest BCUT2D eigenvalue weighted by Crippen LogP contribution is -2.57. The molecule has 1 aromatic carbocycles. The van der Waals surface area contributed by atoms with Gasteiger partial charge in [-0.15, -0.1) is 0 Å². The zero-order valence-electron chi connectivity index (χ0n) is 19.2. The van der Waals surface area contributed by atoms with Crippen molar-refractivity contribution < 1.29 is 38.2 Å². The third-order valence-corrected chi connectivity index (χ3v) is 5.20. The first-order chi connectivity index (χ1) is 15.8. The molecular weight excluding hydrogens is 448 g/mol. The molecule has 12 nitrogen and oxygen atoms in total. The number of nitrogen functional groups attached to an aromatic ring is 1. The van der Waals surface area contributed by atoms with E-state index >= 15 is 0 Å². The Balaban J connectivity index is 1.66. The SMILES string of the molecule is C[C@H](NC(=O)OC(C)(C)C)C(=O)OCN1C(=O)CCC(N2C(=O)c3cccc(N)c3C2=O)C1=O. The average Bonchev–Trinajstić information content (AvgIpc) is 2.98. The number of imide groups is 2. The summed E-state index contributed by atoms with van der Waals surface area (Å²) in [5.74, 6) is -3.81. The molecule has 0 spiro atoms. The molecule has 5 amide bonds. The summed E-state index contributed by atoms with van der Waals surface area (Å²) in [4.78, 5) is 76.5. The van der Waals surface area contributed by atoms with E-state index < -0.39 is 60.1 Å². The highest BCUT2D eigenvalue weighted by atomic mass is 16.6. The number of hydrogen-bond donors (Lipinski definition) is 2. The van der Waals surface area contributed by atoms with Crippen molar-refractivity contribution in [3.05, 3.63) is 29.3 Å². The number of anilines is 1. The highest BCUT2D eigenvalue weighted by Gasteiger charge is 2.47. The Labute approximate surface area is 195 Å². The molecule has 2 aliphatic rings. The number of esters is 1. The van der Waals surface area contributed by atoms with Crippen LogP contribution in [0.3, 0.4) is 0 Å². The molecule has 0 saturated carbocycles. The van der Waals surface area contributed by atoms with Crippen molar-refractivity contribution in [1.29, 1.82) is 0 Å². The summed E-state index contributed by atoms with van der Waals surface area (Å²) in [6.45, 7) is 5.57. The first-order valence-electron chi connectivity index (χ1n) is 10.6. The number of amides is 5. The Kier molecular flexibility index (Phi) is 6.62. The molecular formula is C22H26N4O8. The highest BCUT2D eigenvalue weighted by molar-refractivity contribution is 6.25. The number of benzene rings is 1. The molecule has 1 aromatic rings. The molecule has 2 aliphatic heterocycles. The van der Waals surface area contributed by atoms with Gasteiger partial charge in [0.05, 0.1) is 11.1 Å². The van der Waals surface area contributed by atoms with Gasteiger partial charge in [-0.3, -0.25) is 24.1 Å². The topological polar surface area (TPSA) is 165 Å². The maximum atomic E-state index is 13.0. The fraction of sp³-hybridized carbons (Fsp3) is 0.455. The predicted molar refractivity (Wildman–Crippen MR) is 116 cm³/mol. The molecule has 12 heteroatoms. The van der Waals surface area contributed by atoms with Gasteiger partial charge in [0, 0.05) is 12.1 Å². The predicted octanol–water partition coefficient (Wildman–Crippen LogP) is 0.796. The molecule has 0 aliphatic carbocycles. The van der Waals surface area contributed by atoms with Crippen molar-refractivity contribution in [1.82, 2.24) is 15.1 Å². The molecule has 1 saturated heterocycles. The quantitative estimate of drug-likeness (QED) is 0.356. The molecule has 1 unspecified atom stereocenters. The van der Waals surface area contributed by atoms with Crippen molar-refractivity contribution >= 4 is 41.4 Å². The van der Waals surface area contributed by atoms with Gasteiger partial charge >= 0.3 is 12.1 Å². The van der Waals surface area contributed by atoms with Crippen LogP contribution in [0.2, 0.25) is 0 Å². The lowest BCUT2D eigenvalue weighted by Gasteiger charge is -2.34. The number of ether oxygens (including phenoxy) is 2. The van der Waals surface area contributed by atoms with Crippen LogP contribution in [0.15, 0.2) is 18.2 Å². The zero-order valence-corrected chi connectivity index (χ0v) is 19.2. The van der Waals surface area contributed by atoms with Crippen LogP contribution >= 0.6 is 0 Å². The van der Waals surface area contributed by atoms with Crippen molar-refractivity contribution in [3.8, 4) is 0 Å². The number of fused-ring (bicyclic) bond motifs is 1. The van der Waals surface area contributed by atoms with Crippen molar-refractivity contribution in [2.45, 2.75) is 58.2 Å². The number of rotatable bonds is 5. The maximum Gasteiger partial charge on any atom is 0.408 e. The molecule has 0 radical (unpaired) electrons. The third-order valence-electron chi connectivity index (χ3n) is 5.20. The van der Waals surface area contributed by atoms with Crippen molar-refractivity contribution in [2.24, 2.45) is 0 Å². The van der Waals surface area contributed by atoms with E-state index in [0.717, 1.165) is 4.90 Å². The van der Waals surface area contributed by atoms with Crippen molar-refractivity contribution in [3.63, 3.8) is 0 Å². The van der Waals surface area contributed by atoms with Gasteiger partial charge in [-0.05, 0) is 46.2 Å². The normalized spacial score (nSPS) is 19.1. The molecule has 34 heavy (non-hydrogen) atoms. The van der Waals surface area contributed by atoms with E-state index in [-0.39, 0.29) is 29.7 Å². The van der Waals surface area contributed by atoms with Crippen LogP contribution in [0.25, 0.3) is 0 Å². The Morgan fingerprint density at radius 3 is 2.47 bits per heavy atom. The zero-order chi connectivity index (χ0) is 25.4. The van der Waals surface area contributed by atoms with Crippen LogP contribution in [0.4, 0.5) is 10.5 Å². The number of hydrogen-bond acceptors (Lipinski definition) is 9. The van der Waals surface area contributed by atoms with Crippen LogP contribution in [0.5, 0.6) is 0 Å². The summed E-state index contributed by atoms with van der Waals surface area (Å²) in [6, 6.07) is 2.05. The first-order valence-corrected chi connectivity index (χ1v) is 10.6. The lowest BCUT2D eigenvalue weighted by atomic mass is 10.0. The smallest absolute Gasteiger partial charge is 0.408 e. The average molecular weight is 474 g/mol. The summed E-state index contributed by atoms with van der Waals surface area (Å²) in [5, 5.41) is 2.29. The van der Waals surface area contributed by atoms with E-state index in [0.29, 0.717) is 4.90 Å². The number of piperidine rings is 1. The fourth-order valence-corrected chi connectivity index (χ4v) is 3.61. The maximum absolute atomic E-state index is 13.0. The lowest BCUT2D eigenvalue weighted by molar-refractivity contribution is -0.164. The Morgan fingerprint density at radius 1 is 1.18 bits per heavy atom. The highest BCUT2D eigenvalue weighted by Crippen LogP contribution is 2.32. The largest absolute Gasteiger partial charge is 0.444 e. The molecule has 0 aromatic heterocycles. The van der Waals surface area contributed by atoms with E-state index in [1.807, 2.05) is 0 Å². The van der Waals surface area contributed by atoms with Crippen LogP contribution in [0.1, 0.15) is 61.3 Å². The van der Waals surface area contributed by atoms with Gasteiger partial charge in [-0.1, -0.05) is 6.07 Å². The fourth-order valence-electron chi connectivity index (χ4n) is 3.61. The summed E-state index contributed by atoms with van der Waals surface area (Å²) in [7, 11) is 0. The van der Waals surface area contributed by atoms with E-state index in [1.165, 1.54) is 25.1 Å². The number of nitrogens with zero attached hydrogens (tertiary/aromatic N) is 2. The summed E-state index contributed by atoms with van der Waals surface area (Å²) in [6.07, 6.45) is -1.06. The van der Waals surface area contributed by atoms with Crippen LogP contribution in [0, 0.1) is 0 Å². The summed E-state index contributed by atoms with van der Waals surface area (Å²) in [5.41, 5.74) is 5.25. The number of likely N-dealkylation sites (tertiary alicyclic amines) is 1. The second-order valence-corrected chi connectivity index (χ2v) is 8.92. The van der Waals surface area contributed by atoms with Gasteiger partial charge in [0.2, 0.25) is 5.91 Å². The Hall–Kier alpha value is -3.96. The molecule has 182 valence electrons. The summed E-state index contributed by atoms with van der Waals surface area (Å²) >= 11 is 0.